The summed E-state index contributed by atoms with van der Waals surface area (Å²) in [5, 5.41) is 9.01. The van der Waals surface area contributed by atoms with Crippen molar-refractivity contribution in [2.45, 2.75) is 36.4 Å². The van der Waals surface area contributed by atoms with Gasteiger partial charge < -0.3 is 9.84 Å². The highest BCUT2D eigenvalue weighted by Gasteiger charge is 2.34. The van der Waals surface area contributed by atoms with E-state index in [1.807, 2.05) is 65.6 Å². The number of benzene rings is 4. The number of hydrogen-bond acceptors (Lipinski definition) is 4. The fourth-order valence-corrected chi connectivity index (χ4v) is 6.70. The van der Waals surface area contributed by atoms with Gasteiger partial charge in [0.05, 0.1) is 17.2 Å². The van der Waals surface area contributed by atoms with E-state index in [9.17, 15) is 26.9 Å². The second-order valence-electron chi connectivity index (χ2n) is 10.9. The lowest BCUT2D eigenvalue weighted by atomic mass is 9.90. The molecule has 4 aromatic carbocycles. The maximum absolute atomic E-state index is 14.9. The Balaban J connectivity index is 1.58. The number of ether oxygens (including phenoxy) is 1. The number of hydrogen-bond donors (Lipinski definition) is 1. The number of rotatable bonds is 14. The summed E-state index contributed by atoms with van der Waals surface area (Å²) in [5.41, 5.74) is 1.73. The number of aliphatic hydroxyl groups is 1. The van der Waals surface area contributed by atoms with Crippen LogP contribution in [0.15, 0.2) is 95.9 Å². The van der Waals surface area contributed by atoms with E-state index in [1.54, 1.807) is 6.07 Å². The topological polar surface area (TPSA) is 49.8 Å². The van der Waals surface area contributed by atoms with Crippen LogP contribution in [0.1, 0.15) is 40.2 Å². The second kappa shape index (κ2) is 15.3. The molecule has 0 aliphatic carbocycles. The van der Waals surface area contributed by atoms with E-state index in [0.717, 1.165) is 17.2 Å². The smallest absolute Gasteiger partial charge is 0.417 e. The maximum atomic E-state index is 14.9. The van der Waals surface area contributed by atoms with Crippen LogP contribution in [0, 0.1) is 5.82 Å². The molecule has 0 saturated carbocycles. The molecule has 0 radical (unpaired) electrons. The van der Waals surface area contributed by atoms with Crippen LogP contribution in [-0.2, 0) is 28.7 Å². The third-order valence-corrected chi connectivity index (χ3v) is 9.21. The van der Waals surface area contributed by atoms with Gasteiger partial charge in [-0.05, 0) is 57.1 Å². The Morgan fingerprint density at radius 1 is 0.978 bits per heavy atom. The summed E-state index contributed by atoms with van der Waals surface area (Å²) in [7, 11) is -2.80. The molecule has 0 spiro atoms. The molecule has 0 fully saturated rings. The van der Waals surface area contributed by atoms with Gasteiger partial charge in [0, 0.05) is 54.9 Å². The molecule has 0 aromatic heterocycles. The molecule has 0 aliphatic rings. The Kier molecular flexibility index (Phi) is 11.7. The Bertz CT molecular complexity index is 1630. The molecule has 1 unspecified atom stereocenters. The normalized spacial score (nSPS) is 13.3. The lowest BCUT2D eigenvalue weighted by Crippen LogP contribution is -2.31. The summed E-state index contributed by atoms with van der Waals surface area (Å²) < 4.78 is 74.4. The highest BCUT2D eigenvalue weighted by molar-refractivity contribution is 7.99. The Hall–Kier alpha value is -3.37. The first-order valence-electron chi connectivity index (χ1n) is 14.4. The average molecular weight is 662 g/mol. The number of aliphatic hydroxyl groups excluding tert-OH is 1. The highest BCUT2D eigenvalue weighted by atomic mass is 35.5. The SMILES string of the molecule is C=S(C)(=O)c1cc(OCCCN(Cc2cccc(C(F)(F)F)c2Cl)CC(c2ccccc2)c2ccccc2)cc(F)c1CCO. The molecule has 1 N–H and O–H groups in total. The van der Waals surface area contributed by atoms with Crippen molar-refractivity contribution >= 4 is 27.0 Å². The van der Waals surface area contributed by atoms with Crippen molar-refractivity contribution in [2.75, 3.05) is 32.6 Å². The zero-order valence-electron chi connectivity index (χ0n) is 24.9. The molecule has 0 heterocycles. The monoisotopic (exact) mass is 661 g/mol. The van der Waals surface area contributed by atoms with Crippen molar-refractivity contribution in [3.8, 4) is 5.75 Å². The van der Waals surface area contributed by atoms with E-state index in [-0.39, 0.29) is 53.3 Å². The highest BCUT2D eigenvalue weighted by Crippen LogP contribution is 2.37. The van der Waals surface area contributed by atoms with Crippen LogP contribution in [0.4, 0.5) is 17.6 Å². The predicted octanol–water partition coefficient (Wildman–Crippen LogP) is 7.84. The zero-order chi connectivity index (χ0) is 32.6. The number of halogens is 5. The first-order valence-corrected chi connectivity index (χ1v) is 16.9. The molecule has 0 amide bonds. The first kappa shape index (κ1) is 34.5. The van der Waals surface area contributed by atoms with Crippen molar-refractivity contribution in [3.63, 3.8) is 0 Å². The van der Waals surface area contributed by atoms with Gasteiger partial charge in [0.1, 0.15) is 11.6 Å². The van der Waals surface area contributed by atoms with Crippen molar-refractivity contribution in [1.82, 2.24) is 4.90 Å². The van der Waals surface area contributed by atoms with E-state index in [2.05, 4.69) is 5.87 Å². The largest absolute Gasteiger partial charge is 0.493 e. The van der Waals surface area contributed by atoms with Crippen molar-refractivity contribution in [2.24, 2.45) is 0 Å². The van der Waals surface area contributed by atoms with Crippen LogP contribution in [-0.4, -0.2) is 52.6 Å². The molecular formula is C35H36ClF4NO3S. The zero-order valence-corrected chi connectivity index (χ0v) is 26.5. The van der Waals surface area contributed by atoms with Gasteiger partial charge in [-0.2, -0.15) is 13.2 Å². The Morgan fingerprint density at radius 3 is 2.16 bits per heavy atom. The number of nitrogens with zero attached hydrogens (tertiary/aromatic N) is 1. The van der Waals surface area contributed by atoms with E-state index < -0.39 is 27.1 Å². The summed E-state index contributed by atoms with van der Waals surface area (Å²) in [6, 6.07) is 26.4. The van der Waals surface area contributed by atoms with Crippen LogP contribution >= 0.6 is 11.6 Å². The lowest BCUT2D eigenvalue weighted by molar-refractivity contribution is -0.137. The Morgan fingerprint density at radius 2 is 1.60 bits per heavy atom. The van der Waals surface area contributed by atoms with Crippen LogP contribution in [0.3, 0.4) is 0 Å². The molecule has 45 heavy (non-hydrogen) atoms. The standard InChI is InChI=1S/C35H36ClF4NO3S/c1-45(2,43)33-22-28(21-32(37)29(33)17-19-42)44-20-10-18-41(23-27-15-9-16-31(34(27)36)35(38,39)40)24-30(25-11-5-3-6-12-25)26-13-7-4-8-14-26/h3-9,11-16,21-22,30,42H,1,10,17-20,23-24H2,2H3. The van der Waals surface area contributed by atoms with Gasteiger partial charge in [-0.15, -0.1) is 0 Å². The minimum absolute atomic E-state index is 0.00114. The van der Waals surface area contributed by atoms with Crippen LogP contribution in [0.2, 0.25) is 5.02 Å². The molecule has 0 bridgehead atoms. The lowest BCUT2D eigenvalue weighted by Gasteiger charge is -2.29. The molecule has 0 saturated heterocycles. The summed E-state index contributed by atoms with van der Waals surface area (Å²) in [4.78, 5) is 2.24. The average Bonchev–Trinajstić information content (AvgIpc) is 2.99. The van der Waals surface area contributed by atoms with E-state index >= 15 is 0 Å². The minimum atomic E-state index is -4.58. The van der Waals surface area contributed by atoms with Crippen molar-refractivity contribution in [3.05, 3.63) is 130 Å². The molecule has 240 valence electrons. The summed E-state index contributed by atoms with van der Waals surface area (Å²) in [6.07, 6.45) is -2.73. The fourth-order valence-electron chi connectivity index (χ4n) is 5.32. The second-order valence-corrected chi connectivity index (χ2v) is 13.8. The molecule has 0 aliphatic heterocycles. The van der Waals surface area contributed by atoms with Gasteiger partial charge in [-0.1, -0.05) is 84.4 Å². The van der Waals surface area contributed by atoms with Gasteiger partial charge in [0.25, 0.3) is 0 Å². The van der Waals surface area contributed by atoms with E-state index in [4.69, 9.17) is 16.3 Å². The van der Waals surface area contributed by atoms with Crippen LogP contribution < -0.4 is 4.74 Å². The van der Waals surface area contributed by atoms with E-state index in [0.29, 0.717) is 25.1 Å². The Labute approximate surface area is 267 Å². The van der Waals surface area contributed by atoms with Gasteiger partial charge >= 0.3 is 6.18 Å². The van der Waals surface area contributed by atoms with Gasteiger partial charge in [0.2, 0.25) is 0 Å². The van der Waals surface area contributed by atoms with E-state index in [1.165, 1.54) is 24.5 Å². The van der Waals surface area contributed by atoms with Crippen LogP contribution in [0.25, 0.3) is 0 Å². The first-order chi connectivity index (χ1) is 21.4. The third kappa shape index (κ3) is 9.33. The molecule has 4 nitrogen and oxygen atoms in total. The van der Waals surface area contributed by atoms with Gasteiger partial charge in [0.15, 0.2) is 0 Å². The van der Waals surface area contributed by atoms with Crippen LogP contribution in [0.5, 0.6) is 5.75 Å². The third-order valence-electron chi connectivity index (χ3n) is 7.47. The molecule has 10 heteroatoms. The molecule has 4 rings (SSSR count). The molecular weight excluding hydrogens is 626 g/mol. The van der Waals surface area contributed by atoms with Gasteiger partial charge in [-0.3, -0.25) is 9.11 Å². The van der Waals surface area contributed by atoms with Crippen molar-refractivity contribution < 1.29 is 31.6 Å². The quantitative estimate of drug-likeness (QED) is 0.0850. The van der Waals surface area contributed by atoms with Crippen molar-refractivity contribution in [1.29, 1.82) is 0 Å². The minimum Gasteiger partial charge on any atom is -0.493 e. The molecule has 4 aromatic rings. The summed E-state index contributed by atoms with van der Waals surface area (Å²) >= 11 is 6.30. The van der Waals surface area contributed by atoms with Gasteiger partial charge in [-0.25, -0.2) is 4.39 Å². The fraction of sp³-hybridized carbons (Fsp3) is 0.286. The molecule has 1 atom stereocenters. The summed E-state index contributed by atoms with van der Waals surface area (Å²) in [6.45, 7) is 0.925. The maximum Gasteiger partial charge on any atom is 0.417 e. The predicted molar refractivity (Wildman–Crippen MR) is 173 cm³/mol. The number of alkyl halides is 3. The summed E-state index contributed by atoms with van der Waals surface area (Å²) in [5.74, 6) is 3.13.